The van der Waals surface area contributed by atoms with Crippen LogP contribution < -0.4 is 5.73 Å². The second kappa shape index (κ2) is 6.58. The van der Waals surface area contributed by atoms with Crippen molar-refractivity contribution in [3.63, 3.8) is 0 Å². The smallest absolute Gasteiger partial charge is 0.310 e. The molecule has 0 aliphatic heterocycles. The lowest BCUT2D eigenvalue weighted by atomic mass is 10.1. The molecule has 5 nitrogen and oxygen atoms in total. The lowest BCUT2D eigenvalue weighted by Crippen LogP contribution is -2.11. The van der Waals surface area contributed by atoms with Gasteiger partial charge in [-0.05, 0) is 18.1 Å². The van der Waals surface area contributed by atoms with Crippen LogP contribution in [-0.4, -0.2) is 22.1 Å². The average Bonchev–Trinajstić information content (AvgIpc) is 2.91. The van der Waals surface area contributed by atoms with E-state index in [4.69, 9.17) is 10.5 Å². The average molecular weight is 259 g/mol. The number of nitrogen functional groups attached to an aromatic ring is 1. The van der Waals surface area contributed by atoms with E-state index in [1.54, 1.807) is 18.6 Å². The van der Waals surface area contributed by atoms with E-state index in [1.165, 1.54) is 0 Å². The van der Waals surface area contributed by atoms with E-state index in [0.29, 0.717) is 12.3 Å². The van der Waals surface area contributed by atoms with Crippen molar-refractivity contribution in [2.24, 2.45) is 0 Å². The molecule has 0 radical (unpaired) electrons. The topological polar surface area (TPSA) is 70.1 Å². The molecular formula is C14H17N3O2. The summed E-state index contributed by atoms with van der Waals surface area (Å²) in [7, 11) is 0. The van der Waals surface area contributed by atoms with Gasteiger partial charge in [0.2, 0.25) is 0 Å². The fourth-order valence-corrected chi connectivity index (χ4v) is 1.75. The number of anilines is 1. The van der Waals surface area contributed by atoms with Crippen molar-refractivity contribution in [2.45, 2.75) is 19.4 Å². The van der Waals surface area contributed by atoms with Crippen LogP contribution in [0.5, 0.6) is 0 Å². The summed E-state index contributed by atoms with van der Waals surface area (Å²) in [5.74, 6) is -0.247. The van der Waals surface area contributed by atoms with Gasteiger partial charge in [-0.25, -0.2) is 4.98 Å². The zero-order chi connectivity index (χ0) is 13.5. The van der Waals surface area contributed by atoms with Crippen LogP contribution in [0, 0.1) is 0 Å². The van der Waals surface area contributed by atoms with Gasteiger partial charge >= 0.3 is 5.97 Å². The van der Waals surface area contributed by atoms with Gasteiger partial charge < -0.3 is 15.0 Å². The summed E-state index contributed by atoms with van der Waals surface area (Å²) in [6, 6.07) is 7.32. The summed E-state index contributed by atoms with van der Waals surface area (Å²) in [6.07, 6.45) is 6.34. The van der Waals surface area contributed by atoms with Crippen molar-refractivity contribution in [3.8, 4) is 0 Å². The number of nitrogens with zero attached hydrogens (tertiary/aromatic N) is 2. The molecule has 1 aromatic heterocycles. The number of rotatable bonds is 6. The number of hydrogen-bond acceptors (Lipinski definition) is 4. The summed E-state index contributed by atoms with van der Waals surface area (Å²) >= 11 is 0. The van der Waals surface area contributed by atoms with E-state index in [-0.39, 0.29) is 12.4 Å². The third-order valence-electron chi connectivity index (χ3n) is 2.77. The molecule has 0 spiro atoms. The Bertz CT molecular complexity index is 523. The molecule has 0 unspecified atom stereocenters. The molecule has 0 saturated heterocycles. The third-order valence-corrected chi connectivity index (χ3v) is 2.77. The summed E-state index contributed by atoms with van der Waals surface area (Å²) < 4.78 is 7.12. The molecule has 19 heavy (non-hydrogen) atoms. The van der Waals surface area contributed by atoms with E-state index in [0.717, 1.165) is 18.5 Å². The number of esters is 1. The molecule has 0 bridgehead atoms. The maximum absolute atomic E-state index is 11.6. The van der Waals surface area contributed by atoms with Crippen LogP contribution >= 0.6 is 0 Å². The van der Waals surface area contributed by atoms with Crippen LogP contribution in [-0.2, 0) is 22.5 Å². The first kappa shape index (κ1) is 13.1. The Hall–Kier alpha value is -2.30. The van der Waals surface area contributed by atoms with E-state index in [9.17, 15) is 4.79 Å². The van der Waals surface area contributed by atoms with Gasteiger partial charge in [-0.15, -0.1) is 0 Å². The number of aromatic nitrogens is 2. The Morgan fingerprint density at radius 2 is 2.21 bits per heavy atom. The highest BCUT2D eigenvalue weighted by atomic mass is 16.5. The fourth-order valence-electron chi connectivity index (χ4n) is 1.75. The normalized spacial score (nSPS) is 10.3. The number of hydrogen-bond donors (Lipinski definition) is 1. The molecule has 0 amide bonds. The highest BCUT2D eigenvalue weighted by Crippen LogP contribution is 2.11. The quantitative estimate of drug-likeness (QED) is 0.486. The predicted octanol–water partition coefficient (Wildman–Crippen LogP) is 1.64. The number of ether oxygens (including phenoxy) is 1. The van der Waals surface area contributed by atoms with Gasteiger partial charge in [0, 0.05) is 24.6 Å². The SMILES string of the molecule is Nc1ccccc1CC(=O)OCCCn1ccnc1. The summed E-state index contributed by atoms with van der Waals surface area (Å²) in [5, 5.41) is 0. The minimum atomic E-state index is -0.247. The maximum Gasteiger partial charge on any atom is 0.310 e. The van der Waals surface area contributed by atoms with Gasteiger partial charge in [0.15, 0.2) is 0 Å². The van der Waals surface area contributed by atoms with Gasteiger partial charge in [-0.3, -0.25) is 4.79 Å². The van der Waals surface area contributed by atoms with Crippen molar-refractivity contribution < 1.29 is 9.53 Å². The summed E-state index contributed by atoms with van der Waals surface area (Å²) in [6.45, 7) is 1.20. The number of benzene rings is 1. The van der Waals surface area contributed by atoms with Gasteiger partial charge in [-0.2, -0.15) is 0 Å². The number of carbonyl (C=O) groups is 1. The van der Waals surface area contributed by atoms with E-state index >= 15 is 0 Å². The zero-order valence-electron chi connectivity index (χ0n) is 10.7. The number of imidazole rings is 1. The predicted molar refractivity (Wildman–Crippen MR) is 72.4 cm³/mol. The lowest BCUT2D eigenvalue weighted by Gasteiger charge is -2.07. The minimum Gasteiger partial charge on any atom is -0.465 e. The second-order valence-electron chi connectivity index (χ2n) is 4.25. The molecule has 0 aliphatic rings. The molecule has 0 saturated carbocycles. The van der Waals surface area contributed by atoms with Crippen LogP contribution in [0.2, 0.25) is 0 Å². The van der Waals surface area contributed by atoms with Crippen LogP contribution in [0.1, 0.15) is 12.0 Å². The largest absolute Gasteiger partial charge is 0.465 e. The van der Waals surface area contributed by atoms with Gasteiger partial charge in [0.1, 0.15) is 0 Å². The lowest BCUT2D eigenvalue weighted by molar-refractivity contribution is -0.142. The van der Waals surface area contributed by atoms with E-state index in [1.807, 2.05) is 29.0 Å². The van der Waals surface area contributed by atoms with Gasteiger partial charge in [0.05, 0.1) is 19.4 Å². The Kier molecular flexibility index (Phi) is 4.55. The Morgan fingerprint density at radius 3 is 2.95 bits per heavy atom. The monoisotopic (exact) mass is 259 g/mol. The summed E-state index contributed by atoms with van der Waals surface area (Å²) in [5.41, 5.74) is 7.20. The van der Waals surface area contributed by atoms with Crippen molar-refractivity contribution >= 4 is 11.7 Å². The maximum atomic E-state index is 11.6. The second-order valence-corrected chi connectivity index (χ2v) is 4.25. The standard InChI is InChI=1S/C14H17N3O2/c15-13-5-2-1-4-12(13)10-14(18)19-9-3-7-17-8-6-16-11-17/h1-2,4-6,8,11H,3,7,9-10,15H2. The molecule has 0 aliphatic carbocycles. The summed E-state index contributed by atoms with van der Waals surface area (Å²) in [4.78, 5) is 15.6. The van der Waals surface area contributed by atoms with Gasteiger partial charge in [-0.1, -0.05) is 18.2 Å². The first-order valence-electron chi connectivity index (χ1n) is 6.20. The van der Waals surface area contributed by atoms with Crippen molar-refractivity contribution in [2.75, 3.05) is 12.3 Å². The van der Waals surface area contributed by atoms with E-state index < -0.39 is 0 Å². The molecule has 2 aromatic rings. The van der Waals surface area contributed by atoms with Crippen LogP contribution in [0.25, 0.3) is 0 Å². The molecule has 2 rings (SSSR count). The molecule has 100 valence electrons. The van der Waals surface area contributed by atoms with Crippen LogP contribution in [0.3, 0.4) is 0 Å². The number of carbonyl (C=O) groups excluding carboxylic acids is 1. The molecule has 0 atom stereocenters. The van der Waals surface area contributed by atoms with Crippen molar-refractivity contribution in [1.29, 1.82) is 0 Å². The zero-order valence-corrected chi connectivity index (χ0v) is 10.7. The molecule has 2 N–H and O–H groups in total. The molecule has 5 heteroatoms. The van der Waals surface area contributed by atoms with Crippen molar-refractivity contribution in [3.05, 3.63) is 48.5 Å². The third kappa shape index (κ3) is 4.13. The van der Waals surface area contributed by atoms with E-state index in [2.05, 4.69) is 4.98 Å². The highest BCUT2D eigenvalue weighted by Gasteiger charge is 2.06. The highest BCUT2D eigenvalue weighted by molar-refractivity contribution is 5.74. The molecule has 0 fully saturated rings. The first-order chi connectivity index (χ1) is 9.25. The van der Waals surface area contributed by atoms with Crippen LogP contribution in [0.15, 0.2) is 43.0 Å². The fraction of sp³-hybridized carbons (Fsp3) is 0.286. The first-order valence-corrected chi connectivity index (χ1v) is 6.20. The molecule has 1 aromatic carbocycles. The van der Waals surface area contributed by atoms with Gasteiger partial charge in [0.25, 0.3) is 0 Å². The number of para-hydroxylation sites is 1. The Morgan fingerprint density at radius 1 is 1.37 bits per heavy atom. The van der Waals surface area contributed by atoms with Crippen LogP contribution in [0.4, 0.5) is 5.69 Å². The molecule has 1 heterocycles. The van der Waals surface area contributed by atoms with Crippen molar-refractivity contribution in [1.82, 2.24) is 9.55 Å². The number of nitrogens with two attached hydrogens (primary N) is 1. The Labute approximate surface area is 112 Å². The minimum absolute atomic E-state index is 0.220. The Balaban J connectivity index is 1.69. The molecular weight excluding hydrogens is 242 g/mol. The number of aryl methyl sites for hydroxylation is 1.